The second-order valence-electron chi connectivity index (χ2n) is 5.33. The molecular formula is C17H16ClNO4S. The minimum atomic E-state index is -0.601. The van der Waals surface area contributed by atoms with Crippen LogP contribution in [-0.4, -0.2) is 41.6 Å². The van der Waals surface area contributed by atoms with Crippen molar-refractivity contribution in [2.45, 2.75) is 12.3 Å². The van der Waals surface area contributed by atoms with Crippen LogP contribution in [0.25, 0.3) is 11.3 Å². The Labute approximate surface area is 148 Å². The first-order valence-corrected chi connectivity index (χ1v) is 8.80. The molecular weight excluding hydrogens is 350 g/mol. The van der Waals surface area contributed by atoms with Gasteiger partial charge in [-0.2, -0.15) is 0 Å². The zero-order valence-electron chi connectivity index (χ0n) is 13.2. The topological polar surface area (TPSA) is 59.8 Å². The zero-order chi connectivity index (χ0) is 17.3. The average molecular weight is 366 g/mol. The van der Waals surface area contributed by atoms with Crippen LogP contribution in [0.1, 0.15) is 16.1 Å². The van der Waals surface area contributed by atoms with Gasteiger partial charge in [-0.05, 0) is 37.3 Å². The standard InChI is InChI=1S/C17H16ClNO4S/c1-10-13(9-14(23-10)11-3-5-12(18)6-4-11)15(20)19-7-8-24-16(19)17(21)22-2/h3-6,9,16H,7-8H2,1-2H3. The smallest absolute Gasteiger partial charge is 0.339 e. The minimum absolute atomic E-state index is 0.225. The van der Waals surface area contributed by atoms with E-state index >= 15 is 0 Å². The molecule has 1 aliphatic rings. The van der Waals surface area contributed by atoms with Crippen molar-refractivity contribution in [2.24, 2.45) is 0 Å². The third-order valence-electron chi connectivity index (χ3n) is 3.83. The molecule has 0 bridgehead atoms. The molecule has 0 aliphatic carbocycles. The fourth-order valence-corrected chi connectivity index (χ4v) is 3.84. The number of aryl methyl sites for hydroxylation is 1. The van der Waals surface area contributed by atoms with Crippen molar-refractivity contribution in [3.8, 4) is 11.3 Å². The molecule has 1 aromatic heterocycles. The molecule has 5 nitrogen and oxygen atoms in total. The Hall–Kier alpha value is -1.92. The van der Waals surface area contributed by atoms with Crippen molar-refractivity contribution in [2.75, 3.05) is 19.4 Å². The van der Waals surface area contributed by atoms with Gasteiger partial charge in [-0.15, -0.1) is 11.8 Å². The van der Waals surface area contributed by atoms with Crippen molar-refractivity contribution < 1.29 is 18.7 Å². The third kappa shape index (κ3) is 3.16. The number of ether oxygens (including phenoxy) is 1. The first-order chi connectivity index (χ1) is 11.5. The molecule has 7 heteroatoms. The molecule has 2 heterocycles. The number of rotatable bonds is 3. The molecule has 0 spiro atoms. The number of amides is 1. The van der Waals surface area contributed by atoms with E-state index in [-0.39, 0.29) is 5.91 Å². The second kappa shape index (κ2) is 6.91. The van der Waals surface area contributed by atoms with Crippen molar-refractivity contribution in [3.63, 3.8) is 0 Å². The Morgan fingerprint density at radius 3 is 2.71 bits per heavy atom. The monoisotopic (exact) mass is 365 g/mol. The number of esters is 1. The number of furan rings is 1. The van der Waals surface area contributed by atoms with Crippen LogP contribution in [0.2, 0.25) is 5.02 Å². The third-order valence-corrected chi connectivity index (χ3v) is 5.26. The van der Waals surface area contributed by atoms with Crippen molar-refractivity contribution >= 4 is 35.2 Å². The van der Waals surface area contributed by atoms with Crippen LogP contribution < -0.4 is 0 Å². The highest BCUT2D eigenvalue weighted by Gasteiger charge is 2.37. The van der Waals surface area contributed by atoms with Crippen LogP contribution in [-0.2, 0) is 9.53 Å². The van der Waals surface area contributed by atoms with Gasteiger partial charge in [0.2, 0.25) is 0 Å². The average Bonchev–Trinajstić information content (AvgIpc) is 3.21. The first-order valence-electron chi connectivity index (χ1n) is 7.38. The summed E-state index contributed by atoms with van der Waals surface area (Å²) in [5, 5.41) is 0.0316. The van der Waals surface area contributed by atoms with E-state index in [1.807, 2.05) is 12.1 Å². The van der Waals surface area contributed by atoms with E-state index in [1.165, 1.54) is 23.8 Å². The maximum atomic E-state index is 12.8. The van der Waals surface area contributed by atoms with E-state index < -0.39 is 11.3 Å². The second-order valence-corrected chi connectivity index (χ2v) is 6.96. The largest absolute Gasteiger partial charge is 0.467 e. The maximum absolute atomic E-state index is 12.8. The molecule has 1 atom stereocenters. The molecule has 0 radical (unpaired) electrons. The van der Waals surface area contributed by atoms with E-state index in [0.717, 1.165) is 5.56 Å². The summed E-state index contributed by atoms with van der Waals surface area (Å²) in [6, 6.07) is 8.90. The lowest BCUT2D eigenvalue weighted by molar-refractivity contribution is -0.142. The number of halogens is 1. The lowest BCUT2D eigenvalue weighted by Gasteiger charge is -2.21. The minimum Gasteiger partial charge on any atom is -0.467 e. The van der Waals surface area contributed by atoms with E-state index in [1.54, 1.807) is 25.1 Å². The lowest BCUT2D eigenvalue weighted by Crippen LogP contribution is -2.40. The normalized spacial score (nSPS) is 17.1. The van der Waals surface area contributed by atoms with E-state index in [4.69, 9.17) is 20.8 Å². The summed E-state index contributed by atoms with van der Waals surface area (Å²) in [5.74, 6) is 1.17. The fourth-order valence-electron chi connectivity index (χ4n) is 2.58. The van der Waals surface area contributed by atoms with Crippen molar-refractivity contribution in [3.05, 3.63) is 46.7 Å². The molecule has 2 aromatic rings. The van der Waals surface area contributed by atoms with Gasteiger partial charge in [0.15, 0.2) is 5.37 Å². The first kappa shape index (κ1) is 16.9. The highest BCUT2D eigenvalue weighted by molar-refractivity contribution is 8.00. The van der Waals surface area contributed by atoms with Crippen molar-refractivity contribution in [1.29, 1.82) is 0 Å². The van der Waals surface area contributed by atoms with Crippen LogP contribution in [0.5, 0.6) is 0 Å². The number of benzene rings is 1. The Morgan fingerprint density at radius 2 is 2.04 bits per heavy atom. The predicted molar refractivity (Wildman–Crippen MR) is 93.2 cm³/mol. The number of hydrogen-bond donors (Lipinski definition) is 0. The predicted octanol–water partition coefficient (Wildman–Crippen LogP) is 3.60. The fraction of sp³-hybridized carbons (Fsp3) is 0.294. The van der Waals surface area contributed by atoms with Gasteiger partial charge in [0.1, 0.15) is 11.5 Å². The summed E-state index contributed by atoms with van der Waals surface area (Å²) in [6.45, 7) is 2.24. The maximum Gasteiger partial charge on any atom is 0.339 e. The summed E-state index contributed by atoms with van der Waals surface area (Å²) in [5.41, 5.74) is 1.29. The number of carbonyl (C=O) groups is 2. The number of nitrogens with zero attached hydrogens (tertiary/aromatic N) is 1. The zero-order valence-corrected chi connectivity index (χ0v) is 14.8. The Balaban J connectivity index is 1.88. The molecule has 126 valence electrons. The molecule has 3 rings (SSSR count). The summed E-state index contributed by atoms with van der Waals surface area (Å²) < 4.78 is 10.5. The van der Waals surface area contributed by atoms with Crippen LogP contribution in [0, 0.1) is 6.92 Å². The number of carbonyl (C=O) groups excluding carboxylic acids is 2. The van der Waals surface area contributed by atoms with E-state index in [2.05, 4.69) is 0 Å². The molecule has 1 aliphatic heterocycles. The molecule has 1 fully saturated rings. The molecule has 1 amide bonds. The SMILES string of the molecule is COC(=O)C1SCCN1C(=O)c1cc(-c2ccc(Cl)cc2)oc1C. The number of hydrogen-bond acceptors (Lipinski definition) is 5. The lowest BCUT2D eigenvalue weighted by atomic mass is 10.1. The molecule has 24 heavy (non-hydrogen) atoms. The van der Waals surface area contributed by atoms with E-state index in [9.17, 15) is 9.59 Å². The van der Waals surface area contributed by atoms with Crippen LogP contribution in [0.15, 0.2) is 34.7 Å². The highest BCUT2D eigenvalue weighted by atomic mass is 35.5. The van der Waals surface area contributed by atoms with Crippen LogP contribution in [0.3, 0.4) is 0 Å². The van der Waals surface area contributed by atoms with Gasteiger partial charge in [0.25, 0.3) is 5.91 Å². The van der Waals surface area contributed by atoms with Gasteiger partial charge >= 0.3 is 5.97 Å². The van der Waals surface area contributed by atoms with Gasteiger partial charge in [0.05, 0.1) is 12.7 Å². The molecule has 1 saturated heterocycles. The van der Waals surface area contributed by atoms with Crippen LogP contribution >= 0.6 is 23.4 Å². The Kier molecular flexibility index (Phi) is 4.87. The Morgan fingerprint density at radius 1 is 1.33 bits per heavy atom. The summed E-state index contributed by atoms with van der Waals surface area (Å²) >= 11 is 7.30. The van der Waals surface area contributed by atoms with Crippen LogP contribution in [0.4, 0.5) is 0 Å². The molecule has 1 aromatic carbocycles. The van der Waals surface area contributed by atoms with Gasteiger partial charge in [-0.25, -0.2) is 4.79 Å². The van der Waals surface area contributed by atoms with Gasteiger partial charge in [0, 0.05) is 22.9 Å². The molecule has 1 unspecified atom stereocenters. The highest BCUT2D eigenvalue weighted by Crippen LogP contribution is 2.31. The van der Waals surface area contributed by atoms with E-state index in [0.29, 0.717) is 34.4 Å². The molecule has 0 N–H and O–H groups in total. The summed E-state index contributed by atoms with van der Waals surface area (Å²) in [4.78, 5) is 26.2. The number of methoxy groups -OCH3 is 1. The Bertz CT molecular complexity index is 771. The number of thioether (sulfide) groups is 1. The molecule has 0 saturated carbocycles. The quantitative estimate of drug-likeness (QED) is 0.778. The van der Waals surface area contributed by atoms with Gasteiger partial charge in [-0.3, -0.25) is 4.79 Å². The van der Waals surface area contributed by atoms with Gasteiger partial charge in [-0.1, -0.05) is 11.6 Å². The van der Waals surface area contributed by atoms with Gasteiger partial charge < -0.3 is 14.1 Å². The summed E-state index contributed by atoms with van der Waals surface area (Å²) in [6.07, 6.45) is 0. The summed E-state index contributed by atoms with van der Waals surface area (Å²) in [7, 11) is 1.33. The van der Waals surface area contributed by atoms with Crippen molar-refractivity contribution in [1.82, 2.24) is 4.90 Å².